The number of rotatable bonds is 0. The number of likely N-dealkylation sites (N-methyl/N-ethyl adjacent to an activating group) is 2. The predicted molar refractivity (Wildman–Crippen MR) is 109 cm³/mol. The van der Waals surface area contributed by atoms with Crippen molar-refractivity contribution in [2.24, 2.45) is 0 Å². The van der Waals surface area contributed by atoms with Crippen LogP contribution in [-0.4, -0.2) is 66.9 Å². The number of aromatic nitrogens is 1. The molecule has 146 valence electrons. The van der Waals surface area contributed by atoms with Crippen LogP contribution in [0.2, 0.25) is 5.02 Å². The maximum atomic E-state index is 12.9. The summed E-state index contributed by atoms with van der Waals surface area (Å²) in [6.07, 6.45) is 3.40. The molecule has 0 spiro atoms. The number of amides is 2. The number of nitrogens with one attached hydrogen (secondary N) is 2. The third-order valence-electron chi connectivity index (χ3n) is 5.05. The van der Waals surface area contributed by atoms with Crippen LogP contribution in [0.3, 0.4) is 0 Å². The van der Waals surface area contributed by atoms with Crippen molar-refractivity contribution < 1.29 is 14.3 Å². The van der Waals surface area contributed by atoms with Gasteiger partial charge < -0.3 is 24.8 Å². The third-order valence-corrected chi connectivity index (χ3v) is 5.34. The highest BCUT2D eigenvalue weighted by Gasteiger charge is 2.27. The normalized spacial score (nSPS) is 19.8. The van der Waals surface area contributed by atoms with Crippen molar-refractivity contribution in [3.63, 3.8) is 0 Å². The number of nitrogens with zero attached hydrogens (tertiary/aromatic N) is 2. The van der Waals surface area contributed by atoms with Crippen LogP contribution in [0.5, 0.6) is 5.75 Å². The number of H-pyrrole nitrogens is 1. The summed E-state index contributed by atoms with van der Waals surface area (Å²) >= 11 is 6.33. The van der Waals surface area contributed by atoms with Gasteiger partial charge in [-0.3, -0.25) is 9.59 Å². The first-order valence-electron chi connectivity index (χ1n) is 9.05. The Labute approximate surface area is 167 Å². The second-order valence-electron chi connectivity index (χ2n) is 7.02. The predicted octanol–water partition coefficient (Wildman–Crippen LogP) is 2.56. The average Bonchev–Trinajstić information content (AvgIpc) is 3.23. The number of carbonyl (C=O) groups is 2. The molecule has 2 aliphatic heterocycles. The molecule has 0 aliphatic carbocycles. The van der Waals surface area contributed by atoms with Gasteiger partial charge in [-0.05, 0) is 31.3 Å². The number of hydrogen-bond acceptors (Lipinski definition) is 4. The lowest BCUT2D eigenvalue weighted by Gasteiger charge is -2.22. The molecule has 8 heteroatoms. The number of anilines is 1. The lowest BCUT2D eigenvalue weighted by molar-refractivity contribution is -0.110. The number of aromatic amines is 1. The van der Waals surface area contributed by atoms with E-state index in [1.54, 1.807) is 42.4 Å². The first-order valence-corrected chi connectivity index (χ1v) is 9.43. The summed E-state index contributed by atoms with van der Waals surface area (Å²) in [5, 5.41) is 3.27. The van der Waals surface area contributed by atoms with Gasteiger partial charge in [-0.25, -0.2) is 0 Å². The number of ether oxygens (including phenoxy) is 1. The lowest BCUT2D eigenvalue weighted by atomic mass is 10.0. The minimum Gasteiger partial charge on any atom is -0.491 e. The molecule has 0 unspecified atom stereocenters. The molecule has 1 aromatic heterocycles. The summed E-state index contributed by atoms with van der Waals surface area (Å²) in [6, 6.07) is 5.20. The van der Waals surface area contributed by atoms with Gasteiger partial charge in [0.2, 0.25) is 0 Å². The molecule has 2 bridgehead atoms. The highest BCUT2D eigenvalue weighted by atomic mass is 35.5. The molecular formula is C20H21ClN4O3. The zero-order chi connectivity index (χ0) is 19.8. The molecular weight excluding hydrogens is 380 g/mol. The van der Waals surface area contributed by atoms with Crippen molar-refractivity contribution in [3.8, 4) is 5.75 Å². The lowest BCUT2D eigenvalue weighted by Crippen LogP contribution is -2.36. The summed E-state index contributed by atoms with van der Waals surface area (Å²) in [5.74, 6) is 0.197. The number of halogens is 1. The fourth-order valence-electron chi connectivity index (χ4n) is 3.33. The van der Waals surface area contributed by atoms with Gasteiger partial charge in [0.25, 0.3) is 11.8 Å². The minimum atomic E-state index is -0.242. The molecule has 7 nitrogen and oxygen atoms in total. The van der Waals surface area contributed by atoms with Crippen molar-refractivity contribution in [2.45, 2.75) is 0 Å². The zero-order valence-electron chi connectivity index (χ0n) is 15.7. The largest absolute Gasteiger partial charge is 0.491 e. The SMILES string of the molecule is CN1CCOc2cc3c(cc2Cl)NC(=O)/C3=C\c2[nH]ccc2C(=O)N(C)CC1. The number of benzene rings is 1. The Morgan fingerprint density at radius 1 is 1.11 bits per heavy atom. The number of fused-ring (bicyclic) bond motifs is 2. The molecule has 28 heavy (non-hydrogen) atoms. The molecule has 3 heterocycles. The van der Waals surface area contributed by atoms with Crippen molar-refractivity contribution in [2.75, 3.05) is 45.7 Å². The molecule has 4 rings (SSSR count). The molecule has 0 radical (unpaired) electrons. The van der Waals surface area contributed by atoms with E-state index in [1.165, 1.54) is 0 Å². The van der Waals surface area contributed by atoms with Crippen LogP contribution >= 0.6 is 11.6 Å². The highest BCUT2D eigenvalue weighted by Crippen LogP contribution is 2.40. The van der Waals surface area contributed by atoms with Crippen LogP contribution < -0.4 is 10.1 Å². The van der Waals surface area contributed by atoms with Gasteiger partial charge in [-0.1, -0.05) is 11.6 Å². The number of hydrogen-bond donors (Lipinski definition) is 2. The second kappa shape index (κ2) is 7.33. The van der Waals surface area contributed by atoms with Gasteiger partial charge in [0.15, 0.2) is 0 Å². The topological polar surface area (TPSA) is 77.7 Å². The van der Waals surface area contributed by atoms with E-state index in [0.29, 0.717) is 65.1 Å². The Balaban J connectivity index is 1.82. The summed E-state index contributed by atoms with van der Waals surface area (Å²) in [6.45, 7) is 2.43. The van der Waals surface area contributed by atoms with E-state index < -0.39 is 0 Å². The molecule has 2 aliphatic rings. The second-order valence-corrected chi connectivity index (χ2v) is 7.43. The van der Waals surface area contributed by atoms with Gasteiger partial charge in [0.05, 0.1) is 27.5 Å². The summed E-state index contributed by atoms with van der Waals surface area (Å²) < 4.78 is 5.86. The molecule has 1 aromatic carbocycles. The van der Waals surface area contributed by atoms with Gasteiger partial charge in [-0.2, -0.15) is 0 Å². The Bertz CT molecular complexity index is 982. The Hall–Kier alpha value is -2.77. The van der Waals surface area contributed by atoms with Crippen LogP contribution in [0.15, 0.2) is 24.4 Å². The van der Waals surface area contributed by atoms with E-state index in [-0.39, 0.29) is 11.8 Å². The molecule has 2 N–H and O–H groups in total. The van der Waals surface area contributed by atoms with E-state index in [1.807, 2.05) is 7.05 Å². The van der Waals surface area contributed by atoms with Crippen LogP contribution in [0.25, 0.3) is 11.6 Å². The quantitative estimate of drug-likeness (QED) is 0.712. The smallest absolute Gasteiger partial charge is 0.256 e. The highest BCUT2D eigenvalue weighted by molar-refractivity contribution is 6.37. The Morgan fingerprint density at radius 3 is 2.75 bits per heavy atom. The van der Waals surface area contributed by atoms with Crippen molar-refractivity contribution >= 4 is 40.8 Å². The van der Waals surface area contributed by atoms with Crippen LogP contribution in [-0.2, 0) is 4.79 Å². The fourth-order valence-corrected chi connectivity index (χ4v) is 3.55. The van der Waals surface area contributed by atoms with Crippen LogP contribution in [0.1, 0.15) is 21.6 Å². The maximum absolute atomic E-state index is 12.9. The molecule has 0 fully saturated rings. The van der Waals surface area contributed by atoms with Crippen molar-refractivity contribution in [3.05, 3.63) is 46.2 Å². The standard InChI is InChI=1S/C20H21ClN4O3/c1-24-5-6-25(2)20(27)12-3-4-22-16(12)9-14-13-10-18(28-8-7-24)15(21)11-17(13)23-19(14)26/h3-4,9-11,22H,5-8H2,1-2H3,(H,23,26)/b14-9-. The van der Waals surface area contributed by atoms with E-state index in [0.717, 1.165) is 0 Å². The van der Waals surface area contributed by atoms with E-state index in [4.69, 9.17) is 16.3 Å². The molecule has 2 aromatic rings. The molecule has 0 saturated carbocycles. The minimum absolute atomic E-state index is 0.0944. The van der Waals surface area contributed by atoms with E-state index in [9.17, 15) is 9.59 Å². The third kappa shape index (κ3) is 3.39. The molecule has 0 saturated heterocycles. The molecule has 0 atom stereocenters. The van der Waals surface area contributed by atoms with Crippen LogP contribution in [0, 0.1) is 0 Å². The van der Waals surface area contributed by atoms with Gasteiger partial charge in [0.1, 0.15) is 12.4 Å². The molecule has 2 amide bonds. The van der Waals surface area contributed by atoms with Crippen molar-refractivity contribution in [1.82, 2.24) is 14.8 Å². The summed E-state index contributed by atoms with van der Waals surface area (Å²) in [5.41, 5.74) is 2.91. The number of carbonyl (C=O) groups excluding carboxylic acids is 2. The van der Waals surface area contributed by atoms with Crippen molar-refractivity contribution in [1.29, 1.82) is 0 Å². The first kappa shape index (κ1) is 18.6. The summed E-state index contributed by atoms with van der Waals surface area (Å²) in [4.78, 5) is 32.2. The van der Waals surface area contributed by atoms with Gasteiger partial charge in [0, 0.05) is 38.4 Å². The summed E-state index contributed by atoms with van der Waals surface area (Å²) in [7, 11) is 3.76. The van der Waals surface area contributed by atoms with Crippen LogP contribution in [0.4, 0.5) is 5.69 Å². The van der Waals surface area contributed by atoms with Gasteiger partial charge in [-0.15, -0.1) is 0 Å². The monoisotopic (exact) mass is 400 g/mol. The first-order chi connectivity index (χ1) is 13.4. The Kier molecular flexibility index (Phi) is 4.87. The Morgan fingerprint density at radius 2 is 1.93 bits per heavy atom. The average molecular weight is 401 g/mol. The zero-order valence-corrected chi connectivity index (χ0v) is 16.5. The van der Waals surface area contributed by atoms with E-state index in [2.05, 4.69) is 15.2 Å². The van der Waals surface area contributed by atoms with E-state index >= 15 is 0 Å². The maximum Gasteiger partial charge on any atom is 0.256 e. The van der Waals surface area contributed by atoms with Gasteiger partial charge >= 0.3 is 0 Å². The fraction of sp³-hybridized carbons (Fsp3) is 0.300.